The summed E-state index contributed by atoms with van der Waals surface area (Å²) < 4.78 is 0. The molecule has 4 nitrogen and oxygen atoms in total. The summed E-state index contributed by atoms with van der Waals surface area (Å²) >= 11 is 12.1. The van der Waals surface area contributed by atoms with Crippen molar-refractivity contribution in [2.45, 2.75) is 44.8 Å². The number of aromatic nitrogens is 2. The van der Waals surface area contributed by atoms with Crippen molar-refractivity contribution in [3.05, 3.63) is 51.0 Å². The van der Waals surface area contributed by atoms with Crippen LogP contribution in [0.25, 0.3) is 0 Å². The van der Waals surface area contributed by atoms with Crippen molar-refractivity contribution in [2.75, 3.05) is 0 Å². The highest BCUT2D eigenvalue weighted by Gasteiger charge is 2.40. The molecule has 1 aromatic heterocycles. The molecular formula is C17H17Cl2N3O. The van der Waals surface area contributed by atoms with Gasteiger partial charge in [0.2, 0.25) is 0 Å². The van der Waals surface area contributed by atoms with Crippen LogP contribution in [0.2, 0.25) is 10.0 Å². The van der Waals surface area contributed by atoms with E-state index in [0.29, 0.717) is 22.1 Å². The summed E-state index contributed by atoms with van der Waals surface area (Å²) in [5.41, 5.74) is 3.47. The van der Waals surface area contributed by atoms with Gasteiger partial charge in [-0.25, -0.2) is 9.97 Å². The first kappa shape index (κ1) is 15.2. The smallest absolute Gasteiger partial charge is 0.152 e. The van der Waals surface area contributed by atoms with Gasteiger partial charge in [0.25, 0.3) is 0 Å². The molecule has 2 aliphatic heterocycles. The van der Waals surface area contributed by atoms with Crippen LogP contribution in [-0.2, 0) is 13.0 Å². The maximum atomic E-state index is 9.72. The molecule has 0 aliphatic carbocycles. The maximum absolute atomic E-state index is 9.72. The number of phenolic OH excluding ortho intramolecular Hbond substituents is 1. The zero-order chi connectivity index (χ0) is 16.1. The largest absolute Gasteiger partial charge is 0.505 e. The van der Waals surface area contributed by atoms with E-state index >= 15 is 0 Å². The summed E-state index contributed by atoms with van der Waals surface area (Å²) in [5, 5.41) is 10.3. The molecule has 0 unspecified atom stereocenters. The first-order valence-electron chi connectivity index (χ1n) is 7.78. The van der Waals surface area contributed by atoms with Crippen LogP contribution in [0, 0.1) is 6.92 Å². The minimum atomic E-state index is -0.0482. The summed E-state index contributed by atoms with van der Waals surface area (Å²) in [7, 11) is 0. The molecule has 23 heavy (non-hydrogen) atoms. The van der Waals surface area contributed by atoms with Crippen LogP contribution >= 0.6 is 23.2 Å². The van der Waals surface area contributed by atoms with Crippen molar-refractivity contribution in [1.82, 2.24) is 14.9 Å². The van der Waals surface area contributed by atoms with Gasteiger partial charge in [-0.2, -0.15) is 0 Å². The molecule has 2 bridgehead atoms. The topological polar surface area (TPSA) is 49.2 Å². The average molecular weight is 350 g/mol. The Bertz CT molecular complexity index is 757. The van der Waals surface area contributed by atoms with Crippen molar-refractivity contribution in [2.24, 2.45) is 0 Å². The van der Waals surface area contributed by atoms with E-state index in [1.165, 1.54) is 17.7 Å². The standard InChI is InChI=1S/C17H17Cl2N3O/c1-9-20-7-12-15(21-9)6-11-2-3-16(12)22(11)8-10-4-13(18)17(23)14(19)5-10/h4-5,7,11,16,23H,2-3,6,8H2,1H3/t11-,16-/m1/s1. The summed E-state index contributed by atoms with van der Waals surface area (Å²) in [6.45, 7) is 2.71. The number of halogens is 2. The summed E-state index contributed by atoms with van der Waals surface area (Å²) in [6, 6.07) is 4.44. The van der Waals surface area contributed by atoms with Gasteiger partial charge in [0.1, 0.15) is 5.82 Å². The van der Waals surface area contributed by atoms with E-state index in [9.17, 15) is 5.11 Å². The summed E-state index contributed by atoms with van der Waals surface area (Å²) in [6.07, 6.45) is 5.24. The van der Waals surface area contributed by atoms with Crippen LogP contribution < -0.4 is 0 Å². The number of fused-ring (bicyclic) bond motifs is 4. The Morgan fingerprint density at radius 1 is 1.26 bits per heavy atom. The Morgan fingerprint density at radius 2 is 2.00 bits per heavy atom. The summed E-state index contributed by atoms with van der Waals surface area (Å²) in [4.78, 5) is 11.5. The maximum Gasteiger partial charge on any atom is 0.152 e. The Balaban J connectivity index is 1.65. The van der Waals surface area contributed by atoms with E-state index in [4.69, 9.17) is 23.2 Å². The number of nitrogens with zero attached hydrogens (tertiary/aromatic N) is 3. The predicted molar refractivity (Wildman–Crippen MR) is 89.9 cm³/mol. The molecule has 1 fully saturated rings. The fourth-order valence-electron chi connectivity index (χ4n) is 3.84. The summed E-state index contributed by atoms with van der Waals surface area (Å²) in [5.74, 6) is 0.793. The molecule has 120 valence electrons. The molecule has 1 aromatic carbocycles. The highest BCUT2D eigenvalue weighted by atomic mass is 35.5. The van der Waals surface area contributed by atoms with E-state index in [1.807, 2.05) is 13.1 Å². The number of aryl methyl sites for hydroxylation is 1. The van der Waals surface area contributed by atoms with Gasteiger partial charge in [-0.15, -0.1) is 0 Å². The molecule has 2 atom stereocenters. The third-order valence-corrected chi connectivity index (χ3v) is 5.47. The monoisotopic (exact) mass is 349 g/mol. The van der Waals surface area contributed by atoms with Crippen LogP contribution in [0.1, 0.15) is 41.5 Å². The average Bonchev–Trinajstić information content (AvgIpc) is 2.78. The van der Waals surface area contributed by atoms with Crippen LogP contribution in [-0.4, -0.2) is 26.0 Å². The Hall–Kier alpha value is -1.36. The number of phenols is 1. The van der Waals surface area contributed by atoms with Crippen LogP contribution in [0.4, 0.5) is 0 Å². The van der Waals surface area contributed by atoms with Gasteiger partial charge >= 0.3 is 0 Å². The molecule has 2 aliphatic rings. The molecule has 0 amide bonds. The lowest BCUT2D eigenvalue weighted by atomic mass is 9.98. The third kappa shape index (κ3) is 2.59. The number of hydrogen-bond acceptors (Lipinski definition) is 4. The molecule has 0 saturated carbocycles. The third-order valence-electron chi connectivity index (χ3n) is 4.89. The number of rotatable bonds is 2. The Labute approximate surface area is 145 Å². The van der Waals surface area contributed by atoms with E-state index in [0.717, 1.165) is 30.8 Å². The molecule has 2 aromatic rings. The fourth-order valence-corrected chi connectivity index (χ4v) is 4.37. The van der Waals surface area contributed by atoms with Gasteiger partial charge in [0.05, 0.1) is 15.7 Å². The van der Waals surface area contributed by atoms with Gasteiger partial charge < -0.3 is 5.11 Å². The Morgan fingerprint density at radius 3 is 2.74 bits per heavy atom. The SMILES string of the molecule is Cc1ncc2c(n1)C[C@H]1CC[C@H]2N1Cc1cc(Cl)c(O)c(Cl)c1. The lowest BCUT2D eigenvalue weighted by Gasteiger charge is -2.35. The van der Waals surface area contributed by atoms with Gasteiger partial charge in [-0.1, -0.05) is 23.2 Å². The van der Waals surface area contributed by atoms with E-state index < -0.39 is 0 Å². The lowest BCUT2D eigenvalue weighted by Crippen LogP contribution is -2.37. The predicted octanol–water partition coefficient (Wildman–Crippen LogP) is 4.06. The molecule has 4 rings (SSSR count). The van der Waals surface area contributed by atoms with Crippen molar-refractivity contribution >= 4 is 23.2 Å². The van der Waals surface area contributed by atoms with Crippen LogP contribution in [0.15, 0.2) is 18.3 Å². The molecule has 0 radical (unpaired) electrons. The van der Waals surface area contributed by atoms with Crippen molar-refractivity contribution < 1.29 is 5.11 Å². The highest BCUT2D eigenvalue weighted by molar-refractivity contribution is 6.37. The number of hydrogen-bond donors (Lipinski definition) is 1. The van der Waals surface area contributed by atoms with Crippen LogP contribution in [0.5, 0.6) is 5.75 Å². The molecule has 1 N–H and O–H groups in total. The normalized spacial score (nSPS) is 23.1. The number of aromatic hydroxyl groups is 1. The van der Waals surface area contributed by atoms with E-state index in [1.54, 1.807) is 12.1 Å². The second kappa shape index (κ2) is 5.62. The fraction of sp³-hybridized carbons (Fsp3) is 0.412. The first-order valence-corrected chi connectivity index (χ1v) is 8.53. The second-order valence-electron chi connectivity index (χ2n) is 6.35. The zero-order valence-corrected chi connectivity index (χ0v) is 14.3. The molecule has 6 heteroatoms. The van der Waals surface area contributed by atoms with Crippen molar-refractivity contribution in [3.63, 3.8) is 0 Å². The van der Waals surface area contributed by atoms with E-state index in [-0.39, 0.29) is 5.75 Å². The van der Waals surface area contributed by atoms with Crippen molar-refractivity contribution in [1.29, 1.82) is 0 Å². The molecular weight excluding hydrogens is 333 g/mol. The second-order valence-corrected chi connectivity index (χ2v) is 7.17. The molecule has 0 spiro atoms. The number of benzene rings is 1. The highest BCUT2D eigenvalue weighted by Crippen LogP contribution is 2.44. The van der Waals surface area contributed by atoms with Crippen LogP contribution in [0.3, 0.4) is 0 Å². The molecule has 1 saturated heterocycles. The quantitative estimate of drug-likeness (QED) is 0.887. The van der Waals surface area contributed by atoms with Gasteiger partial charge in [0.15, 0.2) is 5.75 Å². The van der Waals surface area contributed by atoms with Gasteiger partial charge in [-0.05, 0) is 37.5 Å². The van der Waals surface area contributed by atoms with Gasteiger partial charge in [-0.3, -0.25) is 4.90 Å². The Kier molecular flexibility index (Phi) is 3.71. The van der Waals surface area contributed by atoms with E-state index in [2.05, 4.69) is 14.9 Å². The minimum Gasteiger partial charge on any atom is -0.505 e. The minimum absolute atomic E-state index is 0.0482. The first-order chi connectivity index (χ1) is 11.0. The zero-order valence-electron chi connectivity index (χ0n) is 12.8. The van der Waals surface area contributed by atoms with Gasteiger partial charge in [0, 0.05) is 36.8 Å². The van der Waals surface area contributed by atoms with Crippen molar-refractivity contribution in [3.8, 4) is 5.75 Å². The molecule has 3 heterocycles. The lowest BCUT2D eigenvalue weighted by molar-refractivity contribution is 0.166.